The molecular formula is C23H32F3N5O4. The highest BCUT2D eigenvalue weighted by molar-refractivity contribution is 5.95. The maximum absolute atomic E-state index is 13.5. The third kappa shape index (κ3) is 5.23. The maximum Gasteiger partial charge on any atom is 0.471 e. The van der Waals surface area contributed by atoms with Crippen LogP contribution in [0.1, 0.15) is 47.5 Å². The van der Waals surface area contributed by atoms with Crippen molar-refractivity contribution in [1.29, 1.82) is 5.26 Å². The van der Waals surface area contributed by atoms with Crippen LogP contribution < -0.4 is 16.0 Å². The predicted octanol–water partition coefficient (Wildman–Crippen LogP) is 1.10. The van der Waals surface area contributed by atoms with E-state index in [1.54, 1.807) is 5.32 Å². The van der Waals surface area contributed by atoms with Crippen LogP contribution in [0, 0.1) is 39.9 Å². The smallest absolute Gasteiger partial charge is 0.356 e. The molecule has 6 atom stereocenters. The lowest BCUT2D eigenvalue weighted by Crippen LogP contribution is -2.61. The number of amides is 4. The Balaban J connectivity index is 1.81. The molecule has 194 valence electrons. The number of nitrogens with zero attached hydrogens (tertiary/aromatic N) is 2. The van der Waals surface area contributed by atoms with Gasteiger partial charge in [0.2, 0.25) is 17.7 Å². The first-order chi connectivity index (χ1) is 16.0. The van der Waals surface area contributed by atoms with Gasteiger partial charge in [-0.1, -0.05) is 34.6 Å². The van der Waals surface area contributed by atoms with E-state index < -0.39 is 53.4 Å². The van der Waals surface area contributed by atoms with Crippen LogP contribution in [0.4, 0.5) is 13.2 Å². The Bertz CT molecular complexity index is 952. The highest BCUT2D eigenvalue weighted by Gasteiger charge is 2.70. The fourth-order valence-electron chi connectivity index (χ4n) is 5.40. The Morgan fingerprint density at radius 2 is 1.86 bits per heavy atom. The minimum atomic E-state index is -5.16. The SMILES string of the molecule is CC(C)(C)C(NC(=O)C(F)(F)F)C(=O)N1C[C@H]2[C@@H]([C@H]1C(=O)NC(C#N)CC1CCNC1=O)C2(C)C. The zero-order valence-electron chi connectivity index (χ0n) is 20.5. The van der Waals surface area contributed by atoms with Gasteiger partial charge in [-0.25, -0.2) is 0 Å². The third-order valence-electron chi connectivity index (χ3n) is 7.56. The second-order valence-corrected chi connectivity index (χ2v) is 11.4. The Morgan fingerprint density at radius 3 is 2.34 bits per heavy atom. The molecule has 0 radical (unpaired) electrons. The number of carbonyl (C=O) groups is 4. The molecule has 2 heterocycles. The Morgan fingerprint density at radius 1 is 1.23 bits per heavy atom. The molecule has 9 nitrogen and oxygen atoms in total. The number of nitrogens with one attached hydrogen (secondary N) is 3. The van der Waals surface area contributed by atoms with Crippen LogP contribution in [0.15, 0.2) is 0 Å². The largest absolute Gasteiger partial charge is 0.471 e. The molecule has 3 unspecified atom stereocenters. The number of hydrogen-bond donors (Lipinski definition) is 3. The number of rotatable bonds is 6. The number of likely N-dealkylation sites (tertiary alicyclic amines) is 1. The summed E-state index contributed by atoms with van der Waals surface area (Å²) in [5.41, 5.74) is -1.33. The van der Waals surface area contributed by atoms with Gasteiger partial charge in [0.05, 0.1) is 6.07 Å². The first-order valence-electron chi connectivity index (χ1n) is 11.7. The highest BCUT2D eigenvalue weighted by Crippen LogP contribution is 2.65. The molecule has 0 aromatic rings. The highest BCUT2D eigenvalue weighted by atomic mass is 19.4. The van der Waals surface area contributed by atoms with Crippen LogP contribution in [-0.4, -0.2) is 65.9 Å². The number of piperidine rings is 1. The number of fused-ring (bicyclic) bond motifs is 1. The molecule has 3 aliphatic rings. The van der Waals surface area contributed by atoms with Gasteiger partial charge in [-0.3, -0.25) is 19.2 Å². The average Bonchev–Trinajstić information content (AvgIpc) is 3.10. The van der Waals surface area contributed by atoms with E-state index in [-0.39, 0.29) is 36.1 Å². The molecule has 0 bridgehead atoms. The van der Waals surface area contributed by atoms with E-state index >= 15 is 0 Å². The van der Waals surface area contributed by atoms with Crippen molar-refractivity contribution >= 4 is 23.6 Å². The first-order valence-corrected chi connectivity index (χ1v) is 11.7. The van der Waals surface area contributed by atoms with Gasteiger partial charge >= 0.3 is 12.1 Å². The standard InChI is InChI=1S/C23H32F3N5O4/c1-21(2,3)16(30-20(35)23(24,25)26)19(34)31-10-13-14(22(13,4)5)15(31)18(33)29-12(9-27)8-11-6-7-28-17(11)32/h11-16H,6-8,10H2,1-5H3,(H,28,32)(H,29,33)(H,30,35)/t11?,12?,13-,14-,15-,16?/m0/s1. The average molecular weight is 500 g/mol. The molecule has 3 fully saturated rings. The van der Waals surface area contributed by atoms with Crippen LogP contribution in [0.2, 0.25) is 0 Å². The summed E-state index contributed by atoms with van der Waals surface area (Å²) in [5.74, 6) is -4.46. The molecule has 35 heavy (non-hydrogen) atoms. The monoisotopic (exact) mass is 499 g/mol. The topological polar surface area (TPSA) is 131 Å². The van der Waals surface area contributed by atoms with E-state index in [9.17, 15) is 37.6 Å². The van der Waals surface area contributed by atoms with Crippen molar-refractivity contribution in [3.05, 3.63) is 0 Å². The van der Waals surface area contributed by atoms with Gasteiger partial charge in [0, 0.05) is 19.0 Å². The quantitative estimate of drug-likeness (QED) is 0.504. The summed E-state index contributed by atoms with van der Waals surface area (Å²) in [6.07, 6.45) is -4.49. The van der Waals surface area contributed by atoms with Crippen LogP contribution in [0.3, 0.4) is 0 Å². The van der Waals surface area contributed by atoms with Gasteiger partial charge in [-0.2, -0.15) is 18.4 Å². The van der Waals surface area contributed by atoms with Crippen molar-refractivity contribution < 1.29 is 32.3 Å². The van der Waals surface area contributed by atoms with E-state index in [1.807, 2.05) is 19.9 Å². The zero-order valence-corrected chi connectivity index (χ0v) is 20.5. The second-order valence-electron chi connectivity index (χ2n) is 11.4. The van der Waals surface area contributed by atoms with Crippen molar-refractivity contribution in [2.75, 3.05) is 13.1 Å². The zero-order chi connectivity index (χ0) is 26.5. The van der Waals surface area contributed by atoms with Gasteiger partial charge in [0.15, 0.2) is 0 Å². The van der Waals surface area contributed by atoms with Crippen LogP contribution in [0.25, 0.3) is 0 Å². The van der Waals surface area contributed by atoms with Crippen molar-refractivity contribution in [1.82, 2.24) is 20.9 Å². The molecule has 2 saturated heterocycles. The maximum atomic E-state index is 13.5. The summed E-state index contributed by atoms with van der Waals surface area (Å²) in [4.78, 5) is 51.6. The second kappa shape index (κ2) is 8.99. The van der Waals surface area contributed by atoms with Crippen molar-refractivity contribution in [2.45, 2.75) is 71.8 Å². The molecule has 0 spiro atoms. The first kappa shape index (κ1) is 26.8. The van der Waals surface area contributed by atoms with E-state index in [0.717, 1.165) is 0 Å². The van der Waals surface area contributed by atoms with Crippen molar-refractivity contribution in [3.63, 3.8) is 0 Å². The molecule has 2 aliphatic heterocycles. The molecule has 1 aliphatic carbocycles. The molecule has 0 aromatic carbocycles. The van der Waals surface area contributed by atoms with Gasteiger partial charge in [0.25, 0.3) is 0 Å². The Kier molecular flexibility index (Phi) is 6.87. The van der Waals surface area contributed by atoms with Crippen LogP contribution in [-0.2, 0) is 19.2 Å². The van der Waals surface area contributed by atoms with E-state index in [1.165, 1.54) is 25.7 Å². The predicted molar refractivity (Wildman–Crippen MR) is 117 cm³/mol. The molecule has 3 N–H and O–H groups in total. The summed E-state index contributed by atoms with van der Waals surface area (Å²) >= 11 is 0. The number of carbonyl (C=O) groups excluding carboxylic acids is 4. The molecule has 4 amide bonds. The molecule has 3 rings (SSSR count). The molecular weight excluding hydrogens is 467 g/mol. The van der Waals surface area contributed by atoms with Crippen molar-refractivity contribution in [2.24, 2.45) is 28.6 Å². The number of hydrogen-bond acceptors (Lipinski definition) is 5. The van der Waals surface area contributed by atoms with Gasteiger partial charge in [0.1, 0.15) is 18.1 Å². The summed E-state index contributed by atoms with van der Waals surface area (Å²) in [7, 11) is 0. The Labute approximate surface area is 202 Å². The number of nitriles is 1. The van der Waals surface area contributed by atoms with Gasteiger partial charge in [-0.15, -0.1) is 0 Å². The van der Waals surface area contributed by atoms with Gasteiger partial charge < -0.3 is 20.9 Å². The van der Waals surface area contributed by atoms with E-state index in [2.05, 4.69) is 10.6 Å². The summed E-state index contributed by atoms with van der Waals surface area (Å²) in [6.45, 7) is 9.13. The Hall–Kier alpha value is -2.84. The lowest BCUT2D eigenvalue weighted by Gasteiger charge is -2.37. The fraction of sp³-hybridized carbons (Fsp3) is 0.783. The lowest BCUT2D eigenvalue weighted by atomic mass is 9.85. The minimum absolute atomic E-state index is 0.0396. The normalized spacial score (nSPS) is 28.9. The number of halogens is 3. The summed E-state index contributed by atoms with van der Waals surface area (Å²) in [5, 5.41) is 16.7. The van der Waals surface area contributed by atoms with Gasteiger partial charge in [-0.05, 0) is 35.5 Å². The van der Waals surface area contributed by atoms with E-state index in [4.69, 9.17) is 0 Å². The van der Waals surface area contributed by atoms with E-state index in [0.29, 0.717) is 13.0 Å². The molecule has 1 saturated carbocycles. The summed E-state index contributed by atoms with van der Waals surface area (Å²) < 4.78 is 38.8. The minimum Gasteiger partial charge on any atom is -0.356 e. The lowest BCUT2D eigenvalue weighted by molar-refractivity contribution is -0.176. The number of alkyl halides is 3. The van der Waals surface area contributed by atoms with Crippen LogP contribution >= 0.6 is 0 Å². The van der Waals surface area contributed by atoms with Crippen LogP contribution in [0.5, 0.6) is 0 Å². The molecule has 12 heteroatoms. The van der Waals surface area contributed by atoms with Crippen molar-refractivity contribution in [3.8, 4) is 6.07 Å². The third-order valence-corrected chi connectivity index (χ3v) is 7.56. The molecule has 0 aromatic heterocycles. The summed E-state index contributed by atoms with van der Waals surface area (Å²) in [6, 6.07) is -1.48. The fourth-order valence-corrected chi connectivity index (χ4v) is 5.40.